The van der Waals surface area contributed by atoms with Crippen LogP contribution in [0, 0.1) is 23.7 Å². The van der Waals surface area contributed by atoms with Crippen LogP contribution in [0.25, 0.3) is 0 Å². The quantitative estimate of drug-likeness (QED) is 0.641. The largest absolute Gasteiger partial charge is 0.497 e. The van der Waals surface area contributed by atoms with Gasteiger partial charge in [-0.15, -0.1) is 0 Å². The van der Waals surface area contributed by atoms with Crippen LogP contribution < -0.4 is 4.74 Å². The van der Waals surface area contributed by atoms with Crippen molar-refractivity contribution in [1.29, 1.82) is 0 Å². The van der Waals surface area contributed by atoms with Gasteiger partial charge < -0.3 is 28.8 Å². The molecule has 1 aromatic rings. The van der Waals surface area contributed by atoms with E-state index in [1.54, 1.807) is 7.11 Å². The predicted octanol–water partition coefficient (Wildman–Crippen LogP) is 3.98. The van der Waals surface area contributed by atoms with Crippen LogP contribution in [0.1, 0.15) is 40.2 Å². The molecule has 2 aliphatic heterocycles. The first kappa shape index (κ1) is 25.4. The van der Waals surface area contributed by atoms with Crippen molar-refractivity contribution in [3.63, 3.8) is 0 Å². The maximum Gasteiger partial charge on any atom is 0.163 e. The second-order valence-corrected chi connectivity index (χ2v) is 9.46. The molecule has 0 radical (unpaired) electrons. The normalized spacial score (nSPS) is 40.2. The summed E-state index contributed by atoms with van der Waals surface area (Å²) in [4.78, 5) is 0. The fourth-order valence-electron chi connectivity index (χ4n) is 4.69. The highest BCUT2D eigenvalue weighted by atomic mass is 19.1. The molecule has 10 atom stereocenters. The van der Waals surface area contributed by atoms with Crippen molar-refractivity contribution in [3.05, 3.63) is 29.8 Å². The molecule has 2 aliphatic rings. The van der Waals surface area contributed by atoms with E-state index in [1.807, 2.05) is 31.2 Å². The molecule has 182 valence electrons. The van der Waals surface area contributed by atoms with Gasteiger partial charge in [0.1, 0.15) is 24.6 Å². The molecule has 0 amide bonds. The summed E-state index contributed by atoms with van der Waals surface area (Å²) in [7, 11) is 1.62. The number of alkyl halides is 1. The second kappa shape index (κ2) is 11.3. The number of aliphatic hydroxyl groups is 1. The molecule has 7 heteroatoms. The van der Waals surface area contributed by atoms with E-state index in [2.05, 4.69) is 27.7 Å². The lowest BCUT2D eigenvalue weighted by Gasteiger charge is -2.45. The van der Waals surface area contributed by atoms with Crippen LogP contribution in [0.2, 0.25) is 0 Å². The molecule has 3 rings (SSSR count). The standard InChI is InChI=1S/C25H39FO6/c1-14-15(2)18(5)31-22(16(14)3)13-29-24-17(4)25(32-21(11-26)23(24)27)30-12-19-7-9-20(28-6)10-8-19/h7-10,14-18,21-25,27H,11-13H2,1-6H3/t14?,15-,16?,17?,18?,21?,22-,23+,24?,25+/m0/s1. The Hall–Kier alpha value is -1.25. The van der Waals surface area contributed by atoms with Crippen molar-refractivity contribution in [2.45, 2.75) is 78.0 Å². The molecular weight excluding hydrogens is 415 g/mol. The highest BCUT2D eigenvalue weighted by Gasteiger charge is 2.45. The topological polar surface area (TPSA) is 66.4 Å². The van der Waals surface area contributed by atoms with Crippen molar-refractivity contribution in [1.82, 2.24) is 0 Å². The molecular formula is C25H39FO6. The Morgan fingerprint density at radius 1 is 0.875 bits per heavy atom. The van der Waals surface area contributed by atoms with Gasteiger partial charge in [-0.2, -0.15) is 0 Å². The molecule has 6 nitrogen and oxygen atoms in total. The van der Waals surface area contributed by atoms with Crippen LogP contribution >= 0.6 is 0 Å². The third-order valence-corrected chi connectivity index (χ3v) is 7.53. The Bertz CT molecular complexity index is 700. The zero-order valence-electron chi connectivity index (χ0n) is 20.1. The van der Waals surface area contributed by atoms with E-state index in [9.17, 15) is 9.50 Å². The Kier molecular flexibility index (Phi) is 8.92. The van der Waals surface area contributed by atoms with Gasteiger partial charge in [0.25, 0.3) is 0 Å². The van der Waals surface area contributed by atoms with Gasteiger partial charge in [-0.25, -0.2) is 4.39 Å². The zero-order chi connectivity index (χ0) is 23.4. The predicted molar refractivity (Wildman–Crippen MR) is 119 cm³/mol. The smallest absolute Gasteiger partial charge is 0.163 e. The van der Waals surface area contributed by atoms with Crippen LogP contribution in [-0.4, -0.2) is 62.3 Å². The zero-order valence-corrected chi connectivity index (χ0v) is 20.1. The number of hydrogen-bond acceptors (Lipinski definition) is 6. The van der Waals surface area contributed by atoms with E-state index in [0.29, 0.717) is 31.0 Å². The van der Waals surface area contributed by atoms with Crippen molar-refractivity contribution < 1.29 is 33.2 Å². The third-order valence-electron chi connectivity index (χ3n) is 7.53. The molecule has 2 saturated heterocycles. The van der Waals surface area contributed by atoms with Crippen LogP contribution in [-0.2, 0) is 25.6 Å². The monoisotopic (exact) mass is 454 g/mol. The van der Waals surface area contributed by atoms with Crippen LogP contribution in [0.4, 0.5) is 4.39 Å². The average molecular weight is 455 g/mol. The minimum atomic E-state index is -1.07. The maximum atomic E-state index is 13.6. The Balaban J connectivity index is 1.62. The van der Waals surface area contributed by atoms with E-state index >= 15 is 0 Å². The van der Waals surface area contributed by atoms with Gasteiger partial charge in [0.2, 0.25) is 0 Å². The van der Waals surface area contributed by atoms with Crippen molar-refractivity contribution >= 4 is 0 Å². The van der Waals surface area contributed by atoms with Gasteiger partial charge in [-0.1, -0.05) is 39.8 Å². The summed E-state index contributed by atoms with van der Waals surface area (Å²) in [5.41, 5.74) is 0.948. The molecule has 6 unspecified atom stereocenters. The summed E-state index contributed by atoms with van der Waals surface area (Å²) in [5.74, 6) is 1.79. The number of methoxy groups -OCH3 is 1. The summed E-state index contributed by atoms with van der Waals surface area (Å²) in [6.45, 7) is 10.5. The minimum Gasteiger partial charge on any atom is -0.497 e. The lowest BCUT2D eigenvalue weighted by atomic mass is 9.77. The van der Waals surface area contributed by atoms with Crippen LogP contribution in [0.15, 0.2) is 24.3 Å². The fraction of sp³-hybridized carbons (Fsp3) is 0.760. The molecule has 2 heterocycles. The molecule has 0 aromatic heterocycles. The molecule has 32 heavy (non-hydrogen) atoms. The molecule has 2 fully saturated rings. The van der Waals surface area contributed by atoms with Crippen LogP contribution in [0.5, 0.6) is 5.75 Å². The number of halogens is 1. The summed E-state index contributed by atoms with van der Waals surface area (Å²) in [5, 5.41) is 10.7. The lowest BCUT2D eigenvalue weighted by Crippen LogP contribution is -2.57. The summed E-state index contributed by atoms with van der Waals surface area (Å²) < 4.78 is 42.9. The summed E-state index contributed by atoms with van der Waals surface area (Å²) in [6, 6.07) is 7.54. The molecule has 1 aromatic carbocycles. The van der Waals surface area contributed by atoms with Crippen LogP contribution in [0.3, 0.4) is 0 Å². The highest BCUT2D eigenvalue weighted by Crippen LogP contribution is 2.36. The van der Waals surface area contributed by atoms with E-state index in [0.717, 1.165) is 11.3 Å². The van der Waals surface area contributed by atoms with E-state index in [-0.39, 0.29) is 18.1 Å². The number of ether oxygens (including phenoxy) is 5. The fourth-order valence-corrected chi connectivity index (χ4v) is 4.69. The van der Waals surface area contributed by atoms with Crippen molar-refractivity contribution in [2.24, 2.45) is 23.7 Å². The number of hydrogen-bond donors (Lipinski definition) is 1. The van der Waals surface area contributed by atoms with E-state index in [1.165, 1.54) is 0 Å². The number of aliphatic hydroxyl groups excluding tert-OH is 1. The average Bonchev–Trinajstić information content (AvgIpc) is 2.80. The van der Waals surface area contributed by atoms with Gasteiger partial charge in [0.15, 0.2) is 6.29 Å². The third kappa shape index (κ3) is 5.62. The molecule has 1 N–H and O–H groups in total. The molecule has 0 spiro atoms. The molecule has 0 saturated carbocycles. The summed E-state index contributed by atoms with van der Waals surface area (Å²) in [6.07, 6.45) is -3.27. The number of benzene rings is 1. The van der Waals surface area contributed by atoms with Crippen molar-refractivity contribution in [3.8, 4) is 5.75 Å². The Morgan fingerprint density at radius 2 is 1.56 bits per heavy atom. The maximum absolute atomic E-state index is 13.6. The first-order valence-corrected chi connectivity index (χ1v) is 11.7. The Morgan fingerprint density at radius 3 is 2.19 bits per heavy atom. The second-order valence-electron chi connectivity index (χ2n) is 9.46. The van der Waals surface area contributed by atoms with Gasteiger partial charge in [0.05, 0.1) is 38.6 Å². The van der Waals surface area contributed by atoms with E-state index in [4.69, 9.17) is 23.7 Å². The van der Waals surface area contributed by atoms with Gasteiger partial charge in [-0.3, -0.25) is 0 Å². The number of rotatable bonds is 8. The lowest BCUT2D eigenvalue weighted by molar-refractivity contribution is -0.294. The van der Waals surface area contributed by atoms with Gasteiger partial charge in [-0.05, 0) is 42.4 Å². The van der Waals surface area contributed by atoms with Gasteiger partial charge in [0, 0.05) is 5.92 Å². The molecule has 0 bridgehead atoms. The Labute approximate surface area is 191 Å². The SMILES string of the molecule is COc1ccc(CO[C@@H]2OC(CF)[C@@H](O)C(OC[C@@H]3OC(C)[C@@H](C)C(C)C3C)C2C)cc1. The van der Waals surface area contributed by atoms with Crippen molar-refractivity contribution in [2.75, 3.05) is 20.4 Å². The minimum absolute atomic E-state index is 0.0686. The van der Waals surface area contributed by atoms with E-state index < -0.39 is 31.3 Å². The molecule has 0 aliphatic carbocycles. The highest BCUT2D eigenvalue weighted by molar-refractivity contribution is 5.26. The first-order valence-electron chi connectivity index (χ1n) is 11.7. The first-order chi connectivity index (χ1) is 15.3. The summed E-state index contributed by atoms with van der Waals surface area (Å²) >= 11 is 0. The van der Waals surface area contributed by atoms with Gasteiger partial charge >= 0.3 is 0 Å².